The fraction of sp³-hybridized carbons (Fsp3) is 0.500. The molecule has 0 bridgehead atoms. The zero-order valence-corrected chi connectivity index (χ0v) is 11.1. The molecule has 1 aliphatic carbocycles. The SMILES string of the molecule is CO[C@H]1[C@H](n2ccc3c(=O)[nH]c(N)nc32)O[C@@H]2C(O)[C@@]21O. The summed E-state index contributed by atoms with van der Waals surface area (Å²) in [6.45, 7) is 0. The zero-order chi connectivity index (χ0) is 14.9. The lowest BCUT2D eigenvalue weighted by molar-refractivity contribution is -0.110. The van der Waals surface area contributed by atoms with Crippen molar-refractivity contribution in [3.05, 3.63) is 22.6 Å². The molecular weight excluding hydrogens is 280 g/mol. The molecule has 1 saturated heterocycles. The molecule has 21 heavy (non-hydrogen) atoms. The summed E-state index contributed by atoms with van der Waals surface area (Å²) >= 11 is 0. The first kappa shape index (κ1) is 12.8. The maximum Gasteiger partial charge on any atom is 0.261 e. The average molecular weight is 294 g/mol. The van der Waals surface area contributed by atoms with Gasteiger partial charge in [0.05, 0.1) is 5.39 Å². The van der Waals surface area contributed by atoms with E-state index < -0.39 is 30.1 Å². The number of nitrogens with two attached hydrogens (primary N) is 1. The van der Waals surface area contributed by atoms with E-state index in [9.17, 15) is 15.0 Å². The number of anilines is 1. The standard InChI is InChI=1S/C12H14N4O5/c1-20-7-10(21-6-5(17)12(6,7)19)16-3-2-4-8(16)14-11(13)15-9(4)18/h2-3,5-7,10,17,19H,1H3,(H3,13,14,15,18)/t5?,6-,7+,10-,12-/m1/s1. The molecule has 2 aromatic heterocycles. The lowest BCUT2D eigenvalue weighted by Crippen LogP contribution is -2.38. The number of hydrogen-bond donors (Lipinski definition) is 4. The second-order valence-electron chi connectivity index (χ2n) is 5.35. The Hall–Kier alpha value is -1.94. The van der Waals surface area contributed by atoms with Crippen LogP contribution in [0.4, 0.5) is 5.95 Å². The highest BCUT2D eigenvalue weighted by Gasteiger charge is 2.77. The first-order valence-electron chi connectivity index (χ1n) is 6.43. The number of aliphatic hydroxyl groups excluding tert-OH is 1. The lowest BCUT2D eigenvalue weighted by atomic mass is 10.1. The Labute approximate surface area is 117 Å². The van der Waals surface area contributed by atoms with Crippen LogP contribution in [-0.2, 0) is 9.47 Å². The van der Waals surface area contributed by atoms with E-state index in [1.807, 2.05) is 0 Å². The quantitative estimate of drug-likeness (QED) is 0.519. The predicted octanol–water partition coefficient (Wildman–Crippen LogP) is -1.68. The number of rotatable bonds is 2. The Morgan fingerprint density at radius 2 is 2.38 bits per heavy atom. The van der Waals surface area contributed by atoms with Gasteiger partial charge in [-0.15, -0.1) is 0 Å². The molecule has 4 rings (SSSR count). The molecule has 2 fully saturated rings. The summed E-state index contributed by atoms with van der Waals surface area (Å²) in [7, 11) is 1.42. The van der Waals surface area contributed by atoms with Crippen molar-refractivity contribution in [1.82, 2.24) is 14.5 Å². The van der Waals surface area contributed by atoms with Crippen LogP contribution < -0.4 is 11.3 Å². The molecule has 0 radical (unpaired) electrons. The Bertz CT molecular complexity index is 786. The smallest absolute Gasteiger partial charge is 0.261 e. The van der Waals surface area contributed by atoms with Crippen molar-refractivity contribution in [2.24, 2.45) is 0 Å². The van der Waals surface area contributed by atoms with E-state index in [-0.39, 0.29) is 11.5 Å². The first-order chi connectivity index (χ1) is 9.98. The molecule has 2 aliphatic rings. The van der Waals surface area contributed by atoms with Crippen LogP contribution in [-0.4, -0.2) is 55.8 Å². The summed E-state index contributed by atoms with van der Waals surface area (Å²) in [6, 6.07) is 1.58. The molecular formula is C12H14N4O5. The Balaban J connectivity index is 1.83. The number of ether oxygens (including phenoxy) is 2. The molecule has 3 heterocycles. The zero-order valence-electron chi connectivity index (χ0n) is 11.1. The number of fused-ring (bicyclic) bond motifs is 2. The van der Waals surface area contributed by atoms with Crippen molar-refractivity contribution in [2.45, 2.75) is 30.1 Å². The van der Waals surface area contributed by atoms with Gasteiger partial charge in [-0.1, -0.05) is 0 Å². The van der Waals surface area contributed by atoms with Gasteiger partial charge in [-0.3, -0.25) is 9.78 Å². The molecule has 1 unspecified atom stereocenters. The summed E-state index contributed by atoms with van der Waals surface area (Å²) in [5.41, 5.74) is 4.11. The van der Waals surface area contributed by atoms with Gasteiger partial charge in [-0.25, -0.2) is 0 Å². The first-order valence-corrected chi connectivity index (χ1v) is 6.43. The van der Waals surface area contributed by atoms with E-state index in [1.165, 1.54) is 7.11 Å². The second kappa shape index (κ2) is 3.83. The highest BCUT2D eigenvalue weighted by atomic mass is 16.6. The van der Waals surface area contributed by atoms with Crippen molar-refractivity contribution in [2.75, 3.05) is 12.8 Å². The number of nitrogens with zero attached hydrogens (tertiary/aromatic N) is 2. The van der Waals surface area contributed by atoms with Crippen LogP contribution in [0.1, 0.15) is 6.23 Å². The third kappa shape index (κ3) is 1.43. The Morgan fingerprint density at radius 1 is 1.62 bits per heavy atom. The number of nitrogen functional groups attached to an aromatic ring is 1. The van der Waals surface area contributed by atoms with Gasteiger partial charge >= 0.3 is 0 Å². The third-order valence-corrected chi connectivity index (χ3v) is 4.24. The highest BCUT2D eigenvalue weighted by Crippen LogP contribution is 2.54. The van der Waals surface area contributed by atoms with Crippen molar-refractivity contribution in [3.8, 4) is 0 Å². The van der Waals surface area contributed by atoms with E-state index in [1.54, 1.807) is 16.8 Å². The van der Waals surface area contributed by atoms with Crippen LogP contribution in [0.15, 0.2) is 17.1 Å². The molecule has 0 amide bonds. The molecule has 5 atom stereocenters. The number of aliphatic hydroxyl groups is 2. The molecule has 1 aliphatic heterocycles. The van der Waals surface area contributed by atoms with Gasteiger partial charge in [-0.05, 0) is 6.07 Å². The maximum atomic E-state index is 11.8. The van der Waals surface area contributed by atoms with Gasteiger partial charge in [0.1, 0.15) is 18.3 Å². The minimum Gasteiger partial charge on any atom is -0.387 e. The van der Waals surface area contributed by atoms with E-state index in [0.717, 1.165) is 0 Å². The predicted molar refractivity (Wildman–Crippen MR) is 70.4 cm³/mol. The number of H-pyrrole nitrogens is 1. The van der Waals surface area contributed by atoms with Crippen LogP contribution >= 0.6 is 0 Å². The minimum atomic E-state index is -1.43. The normalized spacial score (nSPS) is 37.9. The van der Waals surface area contributed by atoms with Gasteiger partial charge in [0.15, 0.2) is 17.5 Å². The average Bonchev–Trinajstić information content (AvgIpc) is 2.82. The lowest BCUT2D eigenvalue weighted by Gasteiger charge is -2.25. The van der Waals surface area contributed by atoms with Crippen molar-refractivity contribution in [1.29, 1.82) is 0 Å². The highest BCUT2D eigenvalue weighted by molar-refractivity contribution is 5.76. The van der Waals surface area contributed by atoms with Crippen molar-refractivity contribution in [3.63, 3.8) is 0 Å². The van der Waals surface area contributed by atoms with Crippen LogP contribution in [0, 0.1) is 0 Å². The summed E-state index contributed by atoms with van der Waals surface area (Å²) < 4.78 is 12.5. The van der Waals surface area contributed by atoms with Gasteiger partial charge in [-0.2, -0.15) is 4.98 Å². The van der Waals surface area contributed by atoms with Crippen LogP contribution in [0.5, 0.6) is 0 Å². The van der Waals surface area contributed by atoms with Gasteiger partial charge in [0.2, 0.25) is 5.95 Å². The Morgan fingerprint density at radius 3 is 3.10 bits per heavy atom. The summed E-state index contributed by atoms with van der Waals surface area (Å²) in [5, 5.41) is 20.3. The number of aromatic nitrogens is 3. The topological polar surface area (TPSA) is 136 Å². The molecule has 9 heteroatoms. The van der Waals surface area contributed by atoms with Crippen LogP contribution in [0.2, 0.25) is 0 Å². The van der Waals surface area contributed by atoms with Gasteiger partial charge in [0.25, 0.3) is 5.56 Å². The molecule has 9 nitrogen and oxygen atoms in total. The second-order valence-corrected chi connectivity index (χ2v) is 5.35. The number of methoxy groups -OCH3 is 1. The van der Waals surface area contributed by atoms with E-state index in [0.29, 0.717) is 11.0 Å². The fourth-order valence-electron chi connectivity index (χ4n) is 3.09. The molecule has 5 N–H and O–H groups in total. The van der Waals surface area contributed by atoms with Crippen LogP contribution in [0.25, 0.3) is 11.0 Å². The van der Waals surface area contributed by atoms with E-state index in [2.05, 4.69) is 9.97 Å². The number of hydrogen-bond acceptors (Lipinski definition) is 7. The van der Waals surface area contributed by atoms with Gasteiger partial charge in [0, 0.05) is 13.3 Å². The fourth-order valence-corrected chi connectivity index (χ4v) is 3.09. The molecule has 1 saturated carbocycles. The third-order valence-electron chi connectivity index (χ3n) is 4.24. The summed E-state index contributed by atoms with van der Waals surface area (Å²) in [5.74, 6) is -0.0108. The van der Waals surface area contributed by atoms with Crippen molar-refractivity contribution < 1.29 is 19.7 Å². The molecule has 112 valence electrons. The molecule has 0 aromatic carbocycles. The van der Waals surface area contributed by atoms with Crippen molar-refractivity contribution >= 4 is 17.0 Å². The largest absolute Gasteiger partial charge is 0.387 e. The number of aromatic amines is 1. The summed E-state index contributed by atoms with van der Waals surface area (Å²) in [4.78, 5) is 18.3. The Kier molecular flexibility index (Phi) is 2.33. The molecule has 2 aromatic rings. The van der Waals surface area contributed by atoms with Crippen LogP contribution in [0.3, 0.4) is 0 Å². The maximum absolute atomic E-state index is 11.8. The minimum absolute atomic E-state index is 0.0108. The van der Waals surface area contributed by atoms with E-state index >= 15 is 0 Å². The van der Waals surface area contributed by atoms with E-state index in [4.69, 9.17) is 15.2 Å². The monoisotopic (exact) mass is 294 g/mol. The summed E-state index contributed by atoms with van der Waals surface area (Å²) in [6.07, 6.45) is -1.52. The molecule has 0 spiro atoms. The van der Waals surface area contributed by atoms with Gasteiger partial charge < -0.3 is 30.0 Å². The number of nitrogens with one attached hydrogen (secondary N) is 1.